The largest absolute Gasteiger partial charge is 0.311 e. The van der Waals surface area contributed by atoms with Crippen LogP contribution in [-0.4, -0.2) is 30.5 Å². The molecular formula is C12H26N2O. The molecule has 0 aromatic heterocycles. The van der Waals surface area contributed by atoms with Gasteiger partial charge in [-0.1, -0.05) is 27.7 Å². The molecule has 0 bridgehead atoms. The Morgan fingerprint density at radius 1 is 1.07 bits per heavy atom. The lowest BCUT2D eigenvalue weighted by Crippen LogP contribution is -2.45. The molecule has 0 amide bonds. The number of ketones is 1. The zero-order valence-corrected chi connectivity index (χ0v) is 10.9. The number of carbonyl (C=O) groups is 1. The molecule has 0 radical (unpaired) electrons. The van der Waals surface area contributed by atoms with Crippen molar-refractivity contribution in [2.24, 2.45) is 5.92 Å². The molecule has 0 aliphatic carbocycles. The Kier molecular flexibility index (Phi) is 6.77. The van der Waals surface area contributed by atoms with E-state index in [0.29, 0.717) is 12.1 Å². The van der Waals surface area contributed by atoms with Gasteiger partial charge in [-0.05, 0) is 13.8 Å². The monoisotopic (exact) mass is 214 g/mol. The van der Waals surface area contributed by atoms with Crippen LogP contribution in [0.4, 0.5) is 0 Å². The van der Waals surface area contributed by atoms with E-state index in [0.717, 1.165) is 6.54 Å². The second-order valence-corrected chi connectivity index (χ2v) is 4.91. The summed E-state index contributed by atoms with van der Waals surface area (Å²) >= 11 is 0. The highest BCUT2D eigenvalue weighted by atomic mass is 16.1. The van der Waals surface area contributed by atoms with Crippen molar-refractivity contribution >= 4 is 5.78 Å². The van der Waals surface area contributed by atoms with Crippen LogP contribution < -0.4 is 10.6 Å². The summed E-state index contributed by atoms with van der Waals surface area (Å²) in [7, 11) is 0. The van der Waals surface area contributed by atoms with Gasteiger partial charge in [0.15, 0.2) is 5.78 Å². The molecule has 2 N–H and O–H groups in total. The maximum atomic E-state index is 11.6. The van der Waals surface area contributed by atoms with Crippen molar-refractivity contribution in [3.63, 3.8) is 0 Å². The number of hydrogen-bond donors (Lipinski definition) is 2. The van der Waals surface area contributed by atoms with Crippen LogP contribution in [0.3, 0.4) is 0 Å². The molecule has 0 heterocycles. The average Bonchev–Trinajstić information content (AvgIpc) is 2.11. The molecule has 0 saturated heterocycles. The Labute approximate surface area is 94.0 Å². The van der Waals surface area contributed by atoms with Crippen molar-refractivity contribution in [3.05, 3.63) is 0 Å². The fraction of sp³-hybridized carbons (Fsp3) is 0.917. The number of Topliss-reactive ketones (excluding diaryl/α,β-unsaturated/α-hetero) is 1. The van der Waals surface area contributed by atoms with Crippen LogP contribution in [0.25, 0.3) is 0 Å². The highest BCUT2D eigenvalue weighted by molar-refractivity contribution is 5.85. The maximum Gasteiger partial charge on any atom is 0.151 e. The lowest BCUT2D eigenvalue weighted by Gasteiger charge is -2.20. The first-order valence-electron chi connectivity index (χ1n) is 5.87. The first-order chi connectivity index (χ1) is 6.84. The lowest BCUT2D eigenvalue weighted by atomic mass is 10.0. The smallest absolute Gasteiger partial charge is 0.151 e. The predicted molar refractivity (Wildman–Crippen MR) is 65.0 cm³/mol. The Morgan fingerprint density at radius 2 is 1.60 bits per heavy atom. The highest BCUT2D eigenvalue weighted by Gasteiger charge is 2.16. The molecule has 0 spiro atoms. The van der Waals surface area contributed by atoms with E-state index in [9.17, 15) is 4.79 Å². The van der Waals surface area contributed by atoms with Crippen LogP contribution in [0.1, 0.15) is 41.5 Å². The average molecular weight is 214 g/mol. The van der Waals surface area contributed by atoms with Crippen molar-refractivity contribution in [2.75, 3.05) is 6.54 Å². The molecule has 15 heavy (non-hydrogen) atoms. The van der Waals surface area contributed by atoms with Gasteiger partial charge in [-0.25, -0.2) is 0 Å². The molecule has 2 unspecified atom stereocenters. The molecule has 3 nitrogen and oxygen atoms in total. The normalized spacial score (nSPS) is 15.7. The summed E-state index contributed by atoms with van der Waals surface area (Å²) < 4.78 is 0. The quantitative estimate of drug-likeness (QED) is 0.676. The van der Waals surface area contributed by atoms with E-state index >= 15 is 0 Å². The number of nitrogens with one attached hydrogen (secondary N) is 2. The van der Waals surface area contributed by atoms with Gasteiger partial charge in [0, 0.05) is 24.5 Å². The van der Waals surface area contributed by atoms with Crippen molar-refractivity contribution in [1.29, 1.82) is 0 Å². The summed E-state index contributed by atoms with van der Waals surface area (Å²) in [6, 6.07) is 0.840. The minimum atomic E-state index is -0.0404. The summed E-state index contributed by atoms with van der Waals surface area (Å²) in [5.74, 6) is 0.396. The summed E-state index contributed by atoms with van der Waals surface area (Å²) in [4.78, 5) is 11.6. The van der Waals surface area contributed by atoms with E-state index in [1.807, 2.05) is 20.8 Å². The van der Waals surface area contributed by atoms with E-state index in [1.54, 1.807) is 0 Å². The van der Waals surface area contributed by atoms with E-state index in [2.05, 4.69) is 31.4 Å². The minimum absolute atomic E-state index is 0.0404. The van der Waals surface area contributed by atoms with Gasteiger partial charge in [0.25, 0.3) is 0 Å². The van der Waals surface area contributed by atoms with Crippen LogP contribution >= 0.6 is 0 Å². The molecule has 0 aromatic rings. The topological polar surface area (TPSA) is 41.1 Å². The van der Waals surface area contributed by atoms with E-state index in [-0.39, 0.29) is 17.7 Å². The highest BCUT2D eigenvalue weighted by Crippen LogP contribution is 1.99. The van der Waals surface area contributed by atoms with Crippen LogP contribution in [0, 0.1) is 5.92 Å². The standard InChI is InChI=1S/C12H26N2O/c1-8(2)12(15)11(6)13-7-10(5)14-9(3)4/h8-11,13-14H,7H2,1-6H3. The molecule has 90 valence electrons. The van der Waals surface area contributed by atoms with Gasteiger partial charge in [-0.2, -0.15) is 0 Å². The third-order valence-electron chi connectivity index (χ3n) is 2.34. The first kappa shape index (κ1) is 14.6. The van der Waals surface area contributed by atoms with Gasteiger partial charge in [-0.3, -0.25) is 4.79 Å². The van der Waals surface area contributed by atoms with Gasteiger partial charge in [0.05, 0.1) is 6.04 Å². The summed E-state index contributed by atoms with van der Waals surface area (Å²) in [5, 5.41) is 6.65. The molecule has 3 heteroatoms. The van der Waals surface area contributed by atoms with Gasteiger partial charge in [-0.15, -0.1) is 0 Å². The van der Waals surface area contributed by atoms with Crippen molar-refractivity contribution in [2.45, 2.75) is 59.7 Å². The third-order valence-corrected chi connectivity index (χ3v) is 2.34. The molecular weight excluding hydrogens is 188 g/mol. The SMILES string of the molecule is CC(C)NC(C)CNC(C)C(=O)C(C)C. The number of carbonyl (C=O) groups excluding carboxylic acids is 1. The van der Waals surface area contributed by atoms with Crippen molar-refractivity contribution in [1.82, 2.24) is 10.6 Å². The van der Waals surface area contributed by atoms with E-state index in [4.69, 9.17) is 0 Å². The first-order valence-corrected chi connectivity index (χ1v) is 5.87. The van der Waals surface area contributed by atoms with Gasteiger partial charge in [0.2, 0.25) is 0 Å². The summed E-state index contributed by atoms with van der Waals surface area (Å²) in [5.41, 5.74) is 0. The number of rotatable bonds is 7. The molecule has 0 saturated carbocycles. The minimum Gasteiger partial charge on any atom is -0.311 e. The fourth-order valence-corrected chi connectivity index (χ4v) is 1.58. The zero-order valence-electron chi connectivity index (χ0n) is 10.9. The third kappa shape index (κ3) is 6.63. The second kappa shape index (κ2) is 6.96. The van der Waals surface area contributed by atoms with Crippen LogP contribution in [-0.2, 0) is 4.79 Å². The molecule has 0 fully saturated rings. The molecule has 0 aromatic carbocycles. The number of hydrogen-bond acceptors (Lipinski definition) is 3. The van der Waals surface area contributed by atoms with Gasteiger partial charge in [0.1, 0.15) is 0 Å². The zero-order chi connectivity index (χ0) is 12.0. The van der Waals surface area contributed by atoms with E-state index < -0.39 is 0 Å². The Bertz CT molecular complexity index is 190. The lowest BCUT2D eigenvalue weighted by molar-refractivity contribution is -0.123. The second-order valence-electron chi connectivity index (χ2n) is 4.91. The molecule has 0 aliphatic heterocycles. The Hall–Kier alpha value is -0.410. The fourth-order valence-electron chi connectivity index (χ4n) is 1.58. The van der Waals surface area contributed by atoms with Gasteiger partial charge >= 0.3 is 0 Å². The van der Waals surface area contributed by atoms with Crippen molar-refractivity contribution < 1.29 is 4.79 Å². The summed E-state index contributed by atoms with van der Waals surface area (Å²) in [6.07, 6.45) is 0. The molecule has 0 rings (SSSR count). The molecule has 0 aliphatic rings. The van der Waals surface area contributed by atoms with Crippen molar-refractivity contribution in [3.8, 4) is 0 Å². The Balaban J connectivity index is 3.80. The van der Waals surface area contributed by atoms with Crippen LogP contribution in [0.15, 0.2) is 0 Å². The van der Waals surface area contributed by atoms with Gasteiger partial charge < -0.3 is 10.6 Å². The maximum absolute atomic E-state index is 11.6. The Morgan fingerprint density at radius 3 is 2.00 bits per heavy atom. The van der Waals surface area contributed by atoms with Crippen LogP contribution in [0.5, 0.6) is 0 Å². The van der Waals surface area contributed by atoms with Crippen LogP contribution in [0.2, 0.25) is 0 Å². The molecule has 2 atom stereocenters. The summed E-state index contributed by atoms with van der Waals surface area (Å²) in [6.45, 7) is 13.0. The van der Waals surface area contributed by atoms with E-state index in [1.165, 1.54) is 0 Å². The predicted octanol–water partition coefficient (Wildman–Crippen LogP) is 1.58.